The first kappa shape index (κ1) is 13.0. The summed E-state index contributed by atoms with van der Waals surface area (Å²) in [6.45, 7) is 5.94. The Bertz CT molecular complexity index is 389. The standard InChI is InChI=1S/C15H26N4/c1-13(12-18-9-4-5-10-18)17-15-16-8-11-19(15)14-6-2-3-7-14/h8,11,13-14H,2-7,9-10,12H2,1H3,(H,16,17). The number of aromatic nitrogens is 2. The Labute approximate surface area is 116 Å². The number of imidazole rings is 1. The Kier molecular flexibility index (Phi) is 4.06. The highest BCUT2D eigenvalue weighted by Gasteiger charge is 2.20. The fourth-order valence-electron chi connectivity index (χ4n) is 3.52. The molecule has 2 heterocycles. The normalized spacial score (nSPS) is 23.0. The van der Waals surface area contributed by atoms with Crippen LogP contribution < -0.4 is 5.32 Å². The number of hydrogen-bond acceptors (Lipinski definition) is 3. The maximum atomic E-state index is 4.51. The van der Waals surface area contributed by atoms with Crippen molar-refractivity contribution in [2.75, 3.05) is 25.0 Å². The zero-order chi connectivity index (χ0) is 13.1. The molecular formula is C15H26N4. The van der Waals surface area contributed by atoms with Crippen LogP contribution in [-0.4, -0.2) is 40.1 Å². The van der Waals surface area contributed by atoms with Crippen LogP contribution in [-0.2, 0) is 0 Å². The summed E-state index contributed by atoms with van der Waals surface area (Å²) in [6.07, 6.45) is 12.2. The van der Waals surface area contributed by atoms with Crippen molar-refractivity contribution in [2.24, 2.45) is 0 Å². The van der Waals surface area contributed by atoms with Crippen molar-refractivity contribution in [1.29, 1.82) is 0 Å². The lowest BCUT2D eigenvalue weighted by Crippen LogP contribution is -2.33. The van der Waals surface area contributed by atoms with Gasteiger partial charge in [-0.25, -0.2) is 4.98 Å². The van der Waals surface area contributed by atoms with Crippen LogP contribution in [0.1, 0.15) is 51.5 Å². The number of anilines is 1. The first-order valence-corrected chi connectivity index (χ1v) is 7.84. The molecule has 2 fully saturated rings. The second-order valence-electron chi connectivity index (χ2n) is 6.15. The molecule has 1 N–H and O–H groups in total. The van der Waals surface area contributed by atoms with Gasteiger partial charge in [0.1, 0.15) is 0 Å². The van der Waals surface area contributed by atoms with E-state index in [4.69, 9.17) is 0 Å². The van der Waals surface area contributed by atoms with E-state index < -0.39 is 0 Å². The fourth-order valence-corrected chi connectivity index (χ4v) is 3.52. The molecule has 106 valence electrons. The van der Waals surface area contributed by atoms with Gasteiger partial charge in [-0.15, -0.1) is 0 Å². The molecule has 1 saturated carbocycles. The summed E-state index contributed by atoms with van der Waals surface area (Å²) in [5.74, 6) is 1.07. The summed E-state index contributed by atoms with van der Waals surface area (Å²) < 4.78 is 2.35. The number of rotatable bonds is 5. The fraction of sp³-hybridized carbons (Fsp3) is 0.800. The van der Waals surface area contributed by atoms with Crippen LogP contribution in [0.5, 0.6) is 0 Å². The summed E-state index contributed by atoms with van der Waals surface area (Å²) in [5, 5.41) is 3.60. The van der Waals surface area contributed by atoms with Crippen molar-refractivity contribution in [3.05, 3.63) is 12.4 Å². The van der Waals surface area contributed by atoms with Crippen LogP contribution in [0, 0.1) is 0 Å². The molecule has 0 amide bonds. The van der Waals surface area contributed by atoms with Crippen molar-refractivity contribution in [1.82, 2.24) is 14.5 Å². The minimum Gasteiger partial charge on any atom is -0.352 e. The van der Waals surface area contributed by atoms with E-state index in [-0.39, 0.29) is 0 Å². The van der Waals surface area contributed by atoms with Gasteiger partial charge in [-0.3, -0.25) is 0 Å². The maximum Gasteiger partial charge on any atom is 0.203 e. The van der Waals surface area contributed by atoms with Gasteiger partial charge in [0.25, 0.3) is 0 Å². The van der Waals surface area contributed by atoms with Gasteiger partial charge in [0.15, 0.2) is 0 Å². The molecule has 0 spiro atoms. The number of hydrogen-bond donors (Lipinski definition) is 1. The van der Waals surface area contributed by atoms with Crippen molar-refractivity contribution < 1.29 is 0 Å². The molecule has 1 atom stereocenters. The average molecular weight is 262 g/mol. The summed E-state index contributed by atoms with van der Waals surface area (Å²) in [6, 6.07) is 1.14. The second-order valence-corrected chi connectivity index (χ2v) is 6.15. The summed E-state index contributed by atoms with van der Waals surface area (Å²) >= 11 is 0. The summed E-state index contributed by atoms with van der Waals surface area (Å²) in [4.78, 5) is 7.06. The molecule has 1 unspecified atom stereocenters. The van der Waals surface area contributed by atoms with E-state index >= 15 is 0 Å². The minimum atomic E-state index is 0.473. The molecule has 19 heavy (non-hydrogen) atoms. The predicted molar refractivity (Wildman–Crippen MR) is 78.5 cm³/mol. The SMILES string of the molecule is CC(CN1CCCC1)Nc1nccn1C1CCCC1. The van der Waals surface area contributed by atoms with E-state index in [2.05, 4.69) is 32.9 Å². The summed E-state index contributed by atoms with van der Waals surface area (Å²) in [7, 11) is 0. The smallest absolute Gasteiger partial charge is 0.203 e. The lowest BCUT2D eigenvalue weighted by molar-refractivity contribution is 0.327. The van der Waals surface area contributed by atoms with Crippen molar-refractivity contribution in [2.45, 2.75) is 57.5 Å². The van der Waals surface area contributed by atoms with E-state index in [0.717, 1.165) is 12.5 Å². The van der Waals surface area contributed by atoms with Crippen molar-refractivity contribution in [3.8, 4) is 0 Å². The molecule has 4 heteroatoms. The van der Waals surface area contributed by atoms with Gasteiger partial charge in [0.05, 0.1) is 0 Å². The van der Waals surface area contributed by atoms with Gasteiger partial charge in [-0.1, -0.05) is 12.8 Å². The van der Waals surface area contributed by atoms with Crippen LogP contribution in [0.2, 0.25) is 0 Å². The molecule has 0 radical (unpaired) electrons. The van der Waals surface area contributed by atoms with Crippen molar-refractivity contribution in [3.63, 3.8) is 0 Å². The van der Waals surface area contributed by atoms with Crippen molar-refractivity contribution >= 4 is 5.95 Å². The Morgan fingerprint density at radius 1 is 1.26 bits per heavy atom. The predicted octanol–water partition coefficient (Wildman–Crippen LogP) is 2.89. The number of nitrogens with zero attached hydrogens (tertiary/aromatic N) is 3. The highest BCUT2D eigenvalue weighted by atomic mass is 15.2. The van der Waals surface area contributed by atoms with E-state index in [1.54, 1.807) is 0 Å². The Morgan fingerprint density at radius 2 is 2.00 bits per heavy atom. The van der Waals surface area contributed by atoms with Gasteiger partial charge in [-0.2, -0.15) is 0 Å². The van der Waals surface area contributed by atoms with Crippen LogP contribution >= 0.6 is 0 Å². The summed E-state index contributed by atoms with van der Waals surface area (Å²) in [5.41, 5.74) is 0. The van der Waals surface area contributed by atoms with Crippen LogP contribution in [0.4, 0.5) is 5.95 Å². The topological polar surface area (TPSA) is 33.1 Å². The molecule has 1 aliphatic carbocycles. The third-order valence-electron chi connectivity index (χ3n) is 4.49. The highest BCUT2D eigenvalue weighted by molar-refractivity contribution is 5.28. The Hall–Kier alpha value is -1.03. The molecule has 0 bridgehead atoms. The molecule has 1 aromatic heterocycles. The monoisotopic (exact) mass is 262 g/mol. The Morgan fingerprint density at radius 3 is 2.74 bits per heavy atom. The van der Waals surface area contributed by atoms with E-state index in [0.29, 0.717) is 12.1 Å². The lowest BCUT2D eigenvalue weighted by atomic mass is 10.2. The molecule has 0 aromatic carbocycles. The molecule has 4 nitrogen and oxygen atoms in total. The molecule has 3 rings (SSSR count). The Balaban J connectivity index is 1.57. The third-order valence-corrected chi connectivity index (χ3v) is 4.49. The van der Waals surface area contributed by atoms with Crippen LogP contribution in [0.3, 0.4) is 0 Å². The van der Waals surface area contributed by atoms with Crippen LogP contribution in [0.15, 0.2) is 12.4 Å². The van der Waals surface area contributed by atoms with Gasteiger partial charge >= 0.3 is 0 Å². The zero-order valence-corrected chi connectivity index (χ0v) is 12.0. The third kappa shape index (κ3) is 3.11. The number of likely N-dealkylation sites (tertiary alicyclic amines) is 1. The first-order chi connectivity index (χ1) is 9.33. The van der Waals surface area contributed by atoms with E-state index in [1.165, 1.54) is 51.6 Å². The lowest BCUT2D eigenvalue weighted by Gasteiger charge is -2.23. The largest absolute Gasteiger partial charge is 0.352 e. The number of nitrogens with one attached hydrogen (secondary N) is 1. The van der Waals surface area contributed by atoms with Gasteiger partial charge < -0.3 is 14.8 Å². The first-order valence-electron chi connectivity index (χ1n) is 7.84. The van der Waals surface area contributed by atoms with E-state index in [1.807, 2.05) is 6.20 Å². The van der Waals surface area contributed by atoms with Crippen LogP contribution in [0.25, 0.3) is 0 Å². The zero-order valence-electron chi connectivity index (χ0n) is 12.0. The highest BCUT2D eigenvalue weighted by Crippen LogP contribution is 2.31. The molecule has 1 aromatic rings. The molecule has 1 saturated heterocycles. The molecule has 2 aliphatic rings. The van der Waals surface area contributed by atoms with Gasteiger partial charge in [0.2, 0.25) is 5.95 Å². The quantitative estimate of drug-likeness (QED) is 0.885. The average Bonchev–Trinajstić information content (AvgIpc) is 3.09. The van der Waals surface area contributed by atoms with Gasteiger partial charge in [0, 0.05) is 31.0 Å². The minimum absolute atomic E-state index is 0.473. The second kappa shape index (κ2) is 5.95. The van der Waals surface area contributed by atoms with E-state index in [9.17, 15) is 0 Å². The molecular weight excluding hydrogens is 236 g/mol. The molecule has 1 aliphatic heterocycles. The maximum absolute atomic E-state index is 4.51. The van der Waals surface area contributed by atoms with Gasteiger partial charge in [-0.05, 0) is 45.7 Å².